The van der Waals surface area contributed by atoms with Gasteiger partial charge in [0.05, 0.1) is 0 Å². The summed E-state index contributed by atoms with van der Waals surface area (Å²) in [4.78, 5) is 0. The number of hydrogen-bond donors (Lipinski definition) is 0. The van der Waals surface area contributed by atoms with Crippen molar-refractivity contribution in [2.45, 2.75) is 37.3 Å². The molecule has 11 heteroatoms. The van der Waals surface area contributed by atoms with Crippen LogP contribution in [0.3, 0.4) is 0 Å². The van der Waals surface area contributed by atoms with E-state index in [0.717, 1.165) is 0 Å². The van der Waals surface area contributed by atoms with E-state index in [4.69, 9.17) is 0 Å². The van der Waals surface area contributed by atoms with E-state index < -0.39 is 36.0 Å². The highest BCUT2D eigenvalue weighted by atomic mass is 19.4. The Morgan fingerprint density at radius 1 is 1.00 bits per heavy atom. The standard InChI is InChI=1S/C9H9F9O2/c1-4(2)6(11,12)5(10)20-9(17,18)7(13,19-3)8(14,15)16/h5H,1H2,2-3H3. The smallest absolute Gasteiger partial charge is 0.335 e. The molecule has 0 saturated heterocycles. The number of methoxy groups -OCH3 is 1. The van der Waals surface area contributed by atoms with E-state index in [1.54, 1.807) is 0 Å². The van der Waals surface area contributed by atoms with Crippen LogP contribution < -0.4 is 0 Å². The average Bonchev–Trinajstić information content (AvgIpc) is 2.24. The van der Waals surface area contributed by atoms with Crippen LogP contribution in [0.5, 0.6) is 0 Å². The minimum atomic E-state index is -6.36. The number of ether oxygens (including phenoxy) is 2. The Balaban J connectivity index is 5.41. The van der Waals surface area contributed by atoms with E-state index in [1.165, 1.54) is 0 Å². The first-order valence-corrected chi connectivity index (χ1v) is 4.67. The Morgan fingerprint density at radius 3 is 1.65 bits per heavy atom. The second-order valence-electron chi connectivity index (χ2n) is 3.65. The lowest BCUT2D eigenvalue weighted by molar-refractivity contribution is -0.473. The van der Waals surface area contributed by atoms with Gasteiger partial charge in [-0.05, 0) is 12.5 Å². The summed E-state index contributed by atoms with van der Waals surface area (Å²) in [5.41, 5.74) is -1.31. The van der Waals surface area contributed by atoms with Crippen LogP contribution in [0.2, 0.25) is 0 Å². The Labute approximate surface area is 107 Å². The fraction of sp³-hybridized carbons (Fsp3) is 0.778. The van der Waals surface area contributed by atoms with Crippen LogP contribution >= 0.6 is 0 Å². The maximum absolute atomic E-state index is 13.1. The molecule has 0 spiro atoms. The van der Waals surface area contributed by atoms with Crippen molar-refractivity contribution in [2.75, 3.05) is 7.11 Å². The summed E-state index contributed by atoms with van der Waals surface area (Å²) < 4.78 is 120. The Hall–Kier alpha value is -0.970. The van der Waals surface area contributed by atoms with E-state index in [0.29, 0.717) is 6.92 Å². The van der Waals surface area contributed by atoms with Crippen molar-refractivity contribution >= 4 is 0 Å². The van der Waals surface area contributed by atoms with Gasteiger partial charge in [0.2, 0.25) is 0 Å². The quantitative estimate of drug-likeness (QED) is 0.544. The zero-order valence-electron chi connectivity index (χ0n) is 10.0. The fourth-order valence-corrected chi connectivity index (χ4v) is 0.873. The molecule has 0 amide bonds. The fourth-order valence-electron chi connectivity index (χ4n) is 0.873. The molecule has 0 heterocycles. The van der Waals surface area contributed by atoms with E-state index >= 15 is 0 Å². The average molecular weight is 320 g/mol. The largest absolute Gasteiger partial charge is 0.457 e. The molecule has 2 nitrogen and oxygen atoms in total. The van der Waals surface area contributed by atoms with Gasteiger partial charge in [-0.2, -0.15) is 35.1 Å². The summed E-state index contributed by atoms with van der Waals surface area (Å²) in [6, 6.07) is 0. The summed E-state index contributed by atoms with van der Waals surface area (Å²) in [6.45, 7) is 3.06. The lowest BCUT2D eigenvalue weighted by Gasteiger charge is -2.34. The minimum Gasteiger partial charge on any atom is -0.335 e. The zero-order chi connectivity index (χ0) is 16.6. The third-order valence-electron chi connectivity index (χ3n) is 2.13. The molecule has 2 atom stereocenters. The summed E-state index contributed by atoms with van der Waals surface area (Å²) in [7, 11) is -0.116. The normalized spacial score (nSPS) is 18.6. The maximum Gasteiger partial charge on any atom is 0.457 e. The molecule has 120 valence electrons. The first-order valence-electron chi connectivity index (χ1n) is 4.67. The third kappa shape index (κ3) is 3.19. The predicted octanol–water partition coefficient (Wildman–Crippen LogP) is 3.98. The molecular weight excluding hydrogens is 311 g/mol. The van der Waals surface area contributed by atoms with Crippen molar-refractivity contribution in [1.29, 1.82) is 0 Å². The molecule has 20 heavy (non-hydrogen) atoms. The first-order chi connectivity index (χ1) is 8.63. The molecule has 0 aliphatic carbocycles. The highest BCUT2D eigenvalue weighted by Gasteiger charge is 2.75. The van der Waals surface area contributed by atoms with E-state index in [9.17, 15) is 39.5 Å². The molecule has 0 aromatic rings. The van der Waals surface area contributed by atoms with Crippen molar-refractivity contribution in [3.05, 3.63) is 12.2 Å². The van der Waals surface area contributed by atoms with Gasteiger partial charge >= 0.3 is 24.1 Å². The van der Waals surface area contributed by atoms with Crippen molar-refractivity contribution in [3.63, 3.8) is 0 Å². The van der Waals surface area contributed by atoms with Gasteiger partial charge in [-0.15, -0.1) is 0 Å². The lowest BCUT2D eigenvalue weighted by Crippen LogP contribution is -2.59. The van der Waals surface area contributed by atoms with E-state index in [-0.39, 0.29) is 7.11 Å². The third-order valence-corrected chi connectivity index (χ3v) is 2.13. The van der Waals surface area contributed by atoms with Crippen molar-refractivity contribution in [2.24, 2.45) is 0 Å². The van der Waals surface area contributed by atoms with Crippen LogP contribution in [0.4, 0.5) is 39.5 Å². The van der Waals surface area contributed by atoms with Gasteiger partial charge < -0.3 is 4.74 Å². The Morgan fingerprint density at radius 2 is 1.40 bits per heavy atom. The highest BCUT2D eigenvalue weighted by molar-refractivity contribution is 5.05. The molecule has 0 N–H and O–H groups in total. The van der Waals surface area contributed by atoms with Gasteiger partial charge in [0.15, 0.2) is 0 Å². The predicted molar refractivity (Wildman–Crippen MR) is 47.6 cm³/mol. The van der Waals surface area contributed by atoms with Crippen LogP contribution in [0.15, 0.2) is 12.2 Å². The van der Waals surface area contributed by atoms with Gasteiger partial charge in [0.1, 0.15) is 0 Å². The van der Waals surface area contributed by atoms with Gasteiger partial charge in [-0.25, -0.2) is 4.39 Å². The molecule has 0 bridgehead atoms. The minimum absolute atomic E-state index is 0.116. The van der Waals surface area contributed by atoms with Gasteiger partial charge in [0.25, 0.3) is 6.36 Å². The second-order valence-corrected chi connectivity index (χ2v) is 3.65. The molecule has 0 aromatic carbocycles. The summed E-state index contributed by atoms with van der Waals surface area (Å²) in [5, 5.41) is 0. The molecule has 0 rings (SSSR count). The summed E-state index contributed by atoms with van der Waals surface area (Å²) in [5.74, 6) is -10.5. The highest BCUT2D eigenvalue weighted by Crippen LogP contribution is 2.48. The Bertz CT molecular complexity index is 365. The van der Waals surface area contributed by atoms with Crippen LogP contribution in [0.25, 0.3) is 0 Å². The molecule has 0 aromatic heterocycles. The zero-order valence-corrected chi connectivity index (χ0v) is 10.0. The number of rotatable bonds is 6. The van der Waals surface area contributed by atoms with Gasteiger partial charge in [-0.3, -0.25) is 4.74 Å². The molecule has 0 radical (unpaired) electrons. The second kappa shape index (κ2) is 5.43. The van der Waals surface area contributed by atoms with Gasteiger partial charge in [-0.1, -0.05) is 6.58 Å². The molecule has 0 aliphatic rings. The molecule has 0 saturated carbocycles. The SMILES string of the molecule is C=C(C)C(F)(F)C(F)OC(F)(F)C(F)(OC)C(F)(F)F. The van der Waals surface area contributed by atoms with Crippen LogP contribution in [-0.4, -0.2) is 37.5 Å². The van der Waals surface area contributed by atoms with E-state index in [1.807, 2.05) is 0 Å². The van der Waals surface area contributed by atoms with Crippen molar-refractivity contribution < 1.29 is 49.0 Å². The van der Waals surface area contributed by atoms with Crippen LogP contribution in [0, 0.1) is 0 Å². The Kier molecular flexibility index (Phi) is 5.17. The van der Waals surface area contributed by atoms with Crippen LogP contribution in [-0.2, 0) is 9.47 Å². The number of hydrogen-bond acceptors (Lipinski definition) is 2. The van der Waals surface area contributed by atoms with Crippen LogP contribution in [0.1, 0.15) is 6.92 Å². The molecule has 0 fully saturated rings. The van der Waals surface area contributed by atoms with Crippen molar-refractivity contribution in [3.8, 4) is 0 Å². The van der Waals surface area contributed by atoms with E-state index in [2.05, 4.69) is 16.1 Å². The summed E-state index contributed by atoms with van der Waals surface area (Å²) >= 11 is 0. The number of alkyl halides is 9. The molecular formula is C9H9F9O2. The molecule has 2 unspecified atom stereocenters. The summed E-state index contributed by atoms with van der Waals surface area (Å²) in [6.07, 6.45) is -16.7. The molecule has 0 aliphatic heterocycles. The maximum atomic E-state index is 13.1. The van der Waals surface area contributed by atoms with Crippen molar-refractivity contribution in [1.82, 2.24) is 0 Å². The first kappa shape index (κ1) is 19.0. The monoisotopic (exact) mass is 320 g/mol. The number of halogens is 9. The topological polar surface area (TPSA) is 18.5 Å². The lowest BCUT2D eigenvalue weighted by atomic mass is 10.2. The van der Waals surface area contributed by atoms with Gasteiger partial charge in [0, 0.05) is 7.11 Å².